The summed E-state index contributed by atoms with van der Waals surface area (Å²) in [6.07, 6.45) is 0.310. The van der Waals surface area contributed by atoms with Crippen molar-refractivity contribution in [1.29, 1.82) is 0 Å². The minimum Gasteiger partial charge on any atom is -0.497 e. The second-order valence-corrected chi connectivity index (χ2v) is 6.14. The van der Waals surface area contributed by atoms with Crippen molar-refractivity contribution in [2.24, 2.45) is 0 Å². The number of anilines is 1. The fraction of sp³-hybridized carbons (Fsp3) is 0.500. The molecule has 1 atom stereocenters. The first-order valence-electron chi connectivity index (χ1n) is 7.77. The Kier molecular flexibility index (Phi) is 4.13. The van der Waals surface area contributed by atoms with Gasteiger partial charge in [0, 0.05) is 6.07 Å². The molecule has 2 N–H and O–H groups in total. The average molecular weight is 305 g/mol. The Balaban J connectivity index is 1.79. The van der Waals surface area contributed by atoms with Gasteiger partial charge in [0.05, 0.1) is 26.3 Å². The molecule has 2 heterocycles. The molecule has 2 aliphatic rings. The highest BCUT2D eigenvalue weighted by Crippen LogP contribution is 2.25. The summed E-state index contributed by atoms with van der Waals surface area (Å²) in [6, 6.07) is 6.90. The van der Waals surface area contributed by atoms with Crippen molar-refractivity contribution in [3.8, 4) is 5.75 Å². The van der Waals surface area contributed by atoms with Crippen LogP contribution in [-0.4, -0.2) is 58.2 Å². The Labute approximate surface area is 130 Å². The molecule has 0 saturated carbocycles. The largest absolute Gasteiger partial charge is 0.497 e. The zero-order chi connectivity index (χ0) is 15.7. The van der Waals surface area contributed by atoms with Crippen molar-refractivity contribution in [3.05, 3.63) is 24.3 Å². The van der Waals surface area contributed by atoms with Gasteiger partial charge in [-0.05, 0) is 12.1 Å². The summed E-state index contributed by atoms with van der Waals surface area (Å²) in [5.41, 5.74) is 0.607. The van der Waals surface area contributed by atoms with E-state index < -0.39 is 0 Å². The van der Waals surface area contributed by atoms with Crippen molar-refractivity contribution in [2.75, 3.05) is 45.2 Å². The standard InChI is InChI=1S/C16H21N3O3/c1-17-6-8-18(9-7-17)14-11-15(20)19(16(14)21)12-4-3-5-13(10-12)22-2/h3-5,10,14H,6-9,11H2,1-2H3/p+2. The number of hydrogen-bond donors (Lipinski definition) is 2. The van der Waals surface area contributed by atoms with E-state index in [9.17, 15) is 9.59 Å². The van der Waals surface area contributed by atoms with Gasteiger partial charge in [0.15, 0.2) is 6.04 Å². The second-order valence-electron chi connectivity index (χ2n) is 6.14. The van der Waals surface area contributed by atoms with Gasteiger partial charge in [-0.25, -0.2) is 4.90 Å². The van der Waals surface area contributed by atoms with Crippen LogP contribution in [0.25, 0.3) is 0 Å². The summed E-state index contributed by atoms with van der Waals surface area (Å²) in [5.74, 6) is 0.465. The Hall–Kier alpha value is -1.92. The van der Waals surface area contributed by atoms with Gasteiger partial charge in [0.1, 0.15) is 31.9 Å². The third-order valence-electron chi connectivity index (χ3n) is 4.70. The lowest BCUT2D eigenvalue weighted by atomic mass is 10.2. The highest BCUT2D eigenvalue weighted by Gasteiger charge is 2.46. The molecule has 2 saturated heterocycles. The first-order chi connectivity index (χ1) is 10.6. The van der Waals surface area contributed by atoms with Gasteiger partial charge in [-0.15, -0.1) is 0 Å². The molecule has 6 heteroatoms. The van der Waals surface area contributed by atoms with E-state index in [2.05, 4.69) is 7.05 Å². The minimum absolute atomic E-state index is 0.0761. The highest BCUT2D eigenvalue weighted by atomic mass is 16.5. The van der Waals surface area contributed by atoms with Crippen molar-refractivity contribution in [1.82, 2.24) is 0 Å². The molecule has 22 heavy (non-hydrogen) atoms. The number of amides is 2. The molecule has 2 amide bonds. The maximum atomic E-state index is 12.7. The van der Waals surface area contributed by atoms with E-state index in [4.69, 9.17) is 4.74 Å². The average Bonchev–Trinajstić information content (AvgIpc) is 2.83. The molecule has 2 aliphatic heterocycles. The molecule has 1 aromatic rings. The summed E-state index contributed by atoms with van der Waals surface area (Å²) in [5, 5.41) is 0. The van der Waals surface area contributed by atoms with E-state index in [1.807, 2.05) is 0 Å². The Morgan fingerprint density at radius 1 is 1.18 bits per heavy atom. The van der Waals surface area contributed by atoms with E-state index in [0.29, 0.717) is 17.9 Å². The lowest BCUT2D eigenvalue weighted by Crippen LogP contribution is -3.29. The summed E-state index contributed by atoms with van der Waals surface area (Å²) in [6.45, 7) is 3.99. The smallest absolute Gasteiger partial charge is 0.292 e. The summed E-state index contributed by atoms with van der Waals surface area (Å²) in [7, 11) is 3.74. The number of nitrogens with one attached hydrogen (secondary N) is 2. The Morgan fingerprint density at radius 3 is 2.59 bits per heavy atom. The molecular formula is C16H23N3O3+2. The third-order valence-corrected chi connectivity index (χ3v) is 4.70. The third kappa shape index (κ3) is 2.71. The van der Waals surface area contributed by atoms with Crippen LogP contribution in [0.4, 0.5) is 5.69 Å². The number of carbonyl (C=O) groups is 2. The van der Waals surface area contributed by atoms with Crippen molar-refractivity contribution >= 4 is 17.5 Å². The fourth-order valence-corrected chi connectivity index (χ4v) is 3.32. The molecule has 0 radical (unpaired) electrons. The molecule has 0 aromatic heterocycles. The van der Waals surface area contributed by atoms with Gasteiger partial charge >= 0.3 is 0 Å². The van der Waals surface area contributed by atoms with E-state index >= 15 is 0 Å². The van der Waals surface area contributed by atoms with Crippen LogP contribution in [0.1, 0.15) is 6.42 Å². The van der Waals surface area contributed by atoms with E-state index in [-0.39, 0.29) is 17.9 Å². The number of quaternary nitrogens is 2. The zero-order valence-corrected chi connectivity index (χ0v) is 13.1. The van der Waals surface area contributed by atoms with Gasteiger partial charge < -0.3 is 14.5 Å². The number of rotatable bonds is 3. The molecular weight excluding hydrogens is 282 g/mol. The first-order valence-corrected chi connectivity index (χ1v) is 7.77. The number of ether oxygens (including phenoxy) is 1. The van der Waals surface area contributed by atoms with Crippen LogP contribution >= 0.6 is 0 Å². The Morgan fingerprint density at radius 2 is 1.91 bits per heavy atom. The molecule has 0 bridgehead atoms. The van der Waals surface area contributed by atoms with Crippen molar-refractivity contribution in [2.45, 2.75) is 12.5 Å². The van der Waals surface area contributed by atoms with Crippen molar-refractivity contribution in [3.63, 3.8) is 0 Å². The minimum atomic E-state index is -0.230. The summed E-state index contributed by atoms with van der Waals surface area (Å²) in [4.78, 5) is 29.1. The maximum Gasteiger partial charge on any atom is 0.292 e. The number of carbonyl (C=O) groups excluding carboxylic acids is 2. The highest BCUT2D eigenvalue weighted by molar-refractivity contribution is 6.21. The van der Waals surface area contributed by atoms with Gasteiger partial charge in [-0.3, -0.25) is 9.59 Å². The van der Waals surface area contributed by atoms with Gasteiger partial charge in [-0.2, -0.15) is 0 Å². The maximum absolute atomic E-state index is 12.7. The van der Waals surface area contributed by atoms with Crippen molar-refractivity contribution < 1.29 is 24.1 Å². The van der Waals surface area contributed by atoms with Gasteiger partial charge in [-0.1, -0.05) is 6.07 Å². The van der Waals surface area contributed by atoms with Gasteiger partial charge in [0.25, 0.3) is 5.91 Å². The van der Waals surface area contributed by atoms with E-state index in [0.717, 1.165) is 26.2 Å². The lowest BCUT2D eigenvalue weighted by Gasteiger charge is -2.30. The SMILES string of the molecule is COc1cccc(N2C(=O)CC([NH+]3CC[NH+](C)CC3)C2=O)c1. The molecule has 0 aliphatic carbocycles. The molecule has 118 valence electrons. The Bertz CT molecular complexity index is 582. The monoisotopic (exact) mass is 305 g/mol. The molecule has 0 spiro atoms. The van der Waals surface area contributed by atoms with E-state index in [1.165, 1.54) is 14.7 Å². The van der Waals surface area contributed by atoms with Crippen LogP contribution in [0.3, 0.4) is 0 Å². The topological polar surface area (TPSA) is 55.5 Å². The van der Waals surface area contributed by atoms with Crippen LogP contribution in [-0.2, 0) is 9.59 Å². The summed E-state index contributed by atoms with van der Waals surface area (Å²) >= 11 is 0. The fourth-order valence-electron chi connectivity index (χ4n) is 3.32. The number of nitrogens with zero attached hydrogens (tertiary/aromatic N) is 1. The van der Waals surface area contributed by atoms with Crippen LogP contribution in [0.5, 0.6) is 5.75 Å². The second kappa shape index (κ2) is 6.06. The number of piperazine rings is 1. The quantitative estimate of drug-likeness (QED) is 0.620. The molecule has 3 rings (SSSR count). The molecule has 1 aromatic carbocycles. The molecule has 6 nitrogen and oxygen atoms in total. The number of hydrogen-bond acceptors (Lipinski definition) is 3. The zero-order valence-electron chi connectivity index (χ0n) is 13.1. The van der Waals surface area contributed by atoms with E-state index in [1.54, 1.807) is 31.4 Å². The van der Waals surface area contributed by atoms with Crippen LogP contribution in [0, 0.1) is 0 Å². The first kappa shape index (κ1) is 15.0. The molecule has 1 unspecified atom stereocenters. The van der Waals surface area contributed by atoms with Crippen LogP contribution in [0.15, 0.2) is 24.3 Å². The van der Waals surface area contributed by atoms with Crippen LogP contribution < -0.4 is 19.4 Å². The number of benzene rings is 1. The number of likely N-dealkylation sites (N-methyl/N-ethyl adjacent to an activating group) is 1. The number of methoxy groups -OCH3 is 1. The predicted molar refractivity (Wildman–Crippen MR) is 81.2 cm³/mol. The lowest BCUT2D eigenvalue weighted by molar-refractivity contribution is -1.01. The summed E-state index contributed by atoms with van der Waals surface area (Å²) < 4.78 is 5.18. The number of imide groups is 1. The van der Waals surface area contributed by atoms with Gasteiger partial charge in [0.2, 0.25) is 5.91 Å². The normalized spacial score (nSPS) is 29.0. The predicted octanol–water partition coefficient (Wildman–Crippen LogP) is -2.26. The molecule has 2 fully saturated rings. The van der Waals surface area contributed by atoms with Crippen LogP contribution in [0.2, 0.25) is 0 Å².